The third-order valence-electron chi connectivity index (χ3n) is 5.52. The van der Waals surface area contributed by atoms with Crippen LogP contribution in [-0.4, -0.2) is 37.6 Å². The van der Waals surface area contributed by atoms with Crippen molar-refractivity contribution in [3.8, 4) is 11.4 Å². The summed E-state index contributed by atoms with van der Waals surface area (Å²) in [6, 6.07) is 13.8. The number of aromatic nitrogens is 3. The van der Waals surface area contributed by atoms with Crippen molar-refractivity contribution in [3.63, 3.8) is 0 Å². The number of halogens is 1. The van der Waals surface area contributed by atoms with Crippen LogP contribution >= 0.6 is 23.4 Å². The summed E-state index contributed by atoms with van der Waals surface area (Å²) in [6.07, 6.45) is 7.00. The van der Waals surface area contributed by atoms with Crippen molar-refractivity contribution >= 4 is 41.2 Å². The number of carbonyl (C=O) groups is 1. The Hall–Kier alpha value is -3.24. The first-order valence-electron chi connectivity index (χ1n) is 10.9. The molecule has 1 aromatic heterocycles. The van der Waals surface area contributed by atoms with E-state index in [9.17, 15) is 14.9 Å². The molecule has 1 heterocycles. The summed E-state index contributed by atoms with van der Waals surface area (Å²) in [4.78, 5) is 22.8. The molecule has 1 N–H and O–H groups in total. The van der Waals surface area contributed by atoms with Gasteiger partial charge in [0.2, 0.25) is 0 Å². The predicted molar refractivity (Wildman–Crippen MR) is 132 cm³/mol. The number of non-ortho nitro benzene ring substituents is 1. The number of carbonyl (C=O) groups excluding carboxylic acids is 1. The topological polar surface area (TPSA) is 115 Å². The number of nitro benzene ring substituents is 1. The maximum Gasteiger partial charge on any atom is 0.270 e. The molecular weight excluding hydrogens is 476 g/mol. The second kappa shape index (κ2) is 11.3. The molecule has 3 aromatic rings. The number of nitrogens with zero attached hydrogens (tertiary/aromatic N) is 5. The Morgan fingerprint density at radius 3 is 2.71 bits per heavy atom. The van der Waals surface area contributed by atoms with E-state index in [0.29, 0.717) is 15.7 Å². The number of benzene rings is 2. The van der Waals surface area contributed by atoms with Gasteiger partial charge in [-0.25, -0.2) is 5.43 Å². The first-order chi connectivity index (χ1) is 16.5. The fourth-order valence-corrected chi connectivity index (χ4v) is 4.82. The Bertz CT molecular complexity index is 1190. The van der Waals surface area contributed by atoms with Crippen molar-refractivity contribution in [3.05, 3.63) is 69.2 Å². The van der Waals surface area contributed by atoms with Crippen molar-refractivity contribution in [1.82, 2.24) is 20.2 Å². The minimum absolute atomic E-state index is 0.0376. The fraction of sp³-hybridized carbons (Fsp3) is 0.304. The minimum atomic E-state index is -0.479. The molecule has 1 saturated carbocycles. The van der Waals surface area contributed by atoms with Gasteiger partial charge in [-0.05, 0) is 37.1 Å². The fourth-order valence-electron chi connectivity index (χ4n) is 3.90. The molecule has 1 aliphatic carbocycles. The van der Waals surface area contributed by atoms with E-state index in [4.69, 9.17) is 11.6 Å². The molecule has 4 rings (SSSR count). The van der Waals surface area contributed by atoms with E-state index in [1.165, 1.54) is 36.5 Å². The van der Waals surface area contributed by atoms with E-state index in [-0.39, 0.29) is 23.4 Å². The van der Waals surface area contributed by atoms with E-state index in [2.05, 4.69) is 25.3 Å². The molecule has 0 radical (unpaired) electrons. The molecule has 0 atom stereocenters. The van der Waals surface area contributed by atoms with Crippen LogP contribution in [0.5, 0.6) is 0 Å². The number of nitrogens with one attached hydrogen (secondary N) is 1. The summed E-state index contributed by atoms with van der Waals surface area (Å²) in [5.41, 5.74) is 3.87. The largest absolute Gasteiger partial charge is 0.299 e. The maximum atomic E-state index is 12.4. The van der Waals surface area contributed by atoms with Crippen molar-refractivity contribution < 1.29 is 9.72 Å². The molecule has 0 spiro atoms. The molecule has 0 aliphatic heterocycles. The number of hydrazone groups is 1. The lowest BCUT2D eigenvalue weighted by atomic mass is 9.95. The summed E-state index contributed by atoms with van der Waals surface area (Å²) >= 11 is 7.36. The second-order valence-electron chi connectivity index (χ2n) is 7.91. The van der Waals surface area contributed by atoms with E-state index >= 15 is 0 Å². The van der Waals surface area contributed by atoms with Crippen LogP contribution in [0.1, 0.15) is 43.7 Å². The average molecular weight is 499 g/mol. The SMILES string of the molecule is O=C(CSc1nnc(-c2ccc(Cl)cc2)n1C1CCCCC1)NN=Cc1cccc([N+](=O)[O-])c1. The number of rotatable bonds is 8. The molecule has 1 amide bonds. The standard InChI is InChI=1S/C23H23ClN6O3S/c24-18-11-9-17(10-12-18)22-27-28-23(29(22)19-6-2-1-3-7-19)34-15-21(31)26-25-14-16-5-4-8-20(13-16)30(32)33/h4-5,8-14,19H,1-3,6-7,15H2,(H,26,31). The zero-order valence-electron chi connectivity index (χ0n) is 18.3. The van der Waals surface area contributed by atoms with E-state index in [1.807, 2.05) is 24.3 Å². The number of nitro groups is 1. The van der Waals surface area contributed by atoms with Crippen LogP contribution in [0.3, 0.4) is 0 Å². The van der Waals surface area contributed by atoms with Crippen LogP contribution in [0.25, 0.3) is 11.4 Å². The number of hydrogen-bond acceptors (Lipinski definition) is 7. The quantitative estimate of drug-likeness (QED) is 0.196. The lowest BCUT2D eigenvalue weighted by Crippen LogP contribution is -2.20. The molecule has 34 heavy (non-hydrogen) atoms. The lowest BCUT2D eigenvalue weighted by Gasteiger charge is -2.25. The molecular formula is C23H23ClN6O3S. The van der Waals surface area contributed by atoms with Crippen molar-refractivity contribution in [1.29, 1.82) is 0 Å². The maximum absolute atomic E-state index is 12.4. The summed E-state index contributed by atoms with van der Waals surface area (Å²) in [5, 5.41) is 24.9. The zero-order valence-corrected chi connectivity index (χ0v) is 19.8. The predicted octanol–water partition coefficient (Wildman–Crippen LogP) is 5.25. The van der Waals surface area contributed by atoms with Gasteiger partial charge in [0.1, 0.15) is 0 Å². The van der Waals surface area contributed by atoms with E-state index in [0.717, 1.165) is 37.1 Å². The van der Waals surface area contributed by atoms with Gasteiger partial charge >= 0.3 is 0 Å². The highest BCUT2D eigenvalue weighted by atomic mass is 35.5. The molecule has 1 fully saturated rings. The molecule has 11 heteroatoms. The zero-order chi connectivity index (χ0) is 23.9. The molecule has 2 aromatic carbocycles. The smallest absolute Gasteiger partial charge is 0.270 e. The molecule has 176 valence electrons. The summed E-state index contributed by atoms with van der Waals surface area (Å²) < 4.78 is 2.15. The highest BCUT2D eigenvalue weighted by Crippen LogP contribution is 2.35. The number of amides is 1. The van der Waals surface area contributed by atoms with Crippen LogP contribution < -0.4 is 5.43 Å². The third kappa shape index (κ3) is 6.00. The van der Waals surface area contributed by atoms with Crippen molar-refractivity contribution in [2.75, 3.05) is 5.75 Å². The lowest BCUT2D eigenvalue weighted by molar-refractivity contribution is -0.384. The highest BCUT2D eigenvalue weighted by Gasteiger charge is 2.24. The van der Waals surface area contributed by atoms with Crippen LogP contribution in [0, 0.1) is 10.1 Å². The van der Waals surface area contributed by atoms with Crippen molar-refractivity contribution in [2.24, 2.45) is 5.10 Å². The van der Waals surface area contributed by atoms with Crippen LogP contribution in [0.15, 0.2) is 58.8 Å². The van der Waals surface area contributed by atoms with Gasteiger partial charge in [0, 0.05) is 34.3 Å². The van der Waals surface area contributed by atoms with Crippen LogP contribution in [0.2, 0.25) is 5.02 Å². The van der Waals surface area contributed by atoms with Crippen LogP contribution in [-0.2, 0) is 4.79 Å². The van der Waals surface area contributed by atoms with Gasteiger partial charge in [0.25, 0.3) is 11.6 Å². The molecule has 0 unspecified atom stereocenters. The highest BCUT2D eigenvalue weighted by molar-refractivity contribution is 7.99. The summed E-state index contributed by atoms with van der Waals surface area (Å²) in [7, 11) is 0. The van der Waals surface area contributed by atoms with Gasteiger partial charge in [-0.3, -0.25) is 19.5 Å². The van der Waals surface area contributed by atoms with Crippen LogP contribution in [0.4, 0.5) is 5.69 Å². The Labute approximate surface area is 205 Å². The first-order valence-corrected chi connectivity index (χ1v) is 12.3. The van der Waals surface area contributed by atoms with Gasteiger partial charge in [0.15, 0.2) is 11.0 Å². The summed E-state index contributed by atoms with van der Waals surface area (Å²) in [5.74, 6) is 0.575. The molecule has 0 saturated heterocycles. The third-order valence-corrected chi connectivity index (χ3v) is 6.72. The van der Waals surface area contributed by atoms with Gasteiger partial charge in [-0.15, -0.1) is 10.2 Å². The van der Waals surface area contributed by atoms with E-state index < -0.39 is 4.92 Å². The summed E-state index contributed by atoms with van der Waals surface area (Å²) in [6.45, 7) is 0. The van der Waals surface area contributed by atoms with Gasteiger partial charge in [-0.2, -0.15) is 5.10 Å². The molecule has 0 bridgehead atoms. The van der Waals surface area contributed by atoms with Gasteiger partial charge < -0.3 is 0 Å². The minimum Gasteiger partial charge on any atom is -0.299 e. The Balaban J connectivity index is 1.43. The Morgan fingerprint density at radius 1 is 1.21 bits per heavy atom. The van der Waals surface area contributed by atoms with Crippen molar-refractivity contribution in [2.45, 2.75) is 43.3 Å². The van der Waals surface area contributed by atoms with E-state index in [1.54, 1.807) is 12.1 Å². The monoisotopic (exact) mass is 498 g/mol. The first kappa shape index (κ1) is 23.9. The second-order valence-corrected chi connectivity index (χ2v) is 9.29. The van der Waals surface area contributed by atoms with Gasteiger partial charge in [0.05, 0.1) is 16.9 Å². The Morgan fingerprint density at radius 2 is 1.97 bits per heavy atom. The average Bonchev–Trinajstić information content (AvgIpc) is 3.28. The number of hydrogen-bond donors (Lipinski definition) is 1. The Kier molecular flexibility index (Phi) is 7.91. The number of thioether (sulfide) groups is 1. The normalized spacial score (nSPS) is 14.4. The molecule has 9 nitrogen and oxygen atoms in total. The molecule has 1 aliphatic rings. The van der Waals surface area contributed by atoms with Gasteiger partial charge in [-0.1, -0.05) is 54.8 Å².